The molecule has 12 heavy (non-hydrogen) atoms. The molecule has 66 valence electrons. The van der Waals surface area contributed by atoms with Crippen LogP contribution >= 0.6 is 7.60 Å². The van der Waals surface area contributed by atoms with Crippen LogP contribution in [0.1, 0.15) is 0 Å². The summed E-state index contributed by atoms with van der Waals surface area (Å²) >= 11 is 0. The molecule has 6 heteroatoms. The fourth-order valence-electron chi connectivity index (χ4n) is 0.709. The molecule has 1 rings (SSSR count). The molecule has 0 aliphatic carbocycles. The molecule has 0 heterocycles. The first-order valence-corrected chi connectivity index (χ1v) is 4.53. The van der Waals surface area contributed by atoms with Gasteiger partial charge in [-0.1, -0.05) is 0 Å². The van der Waals surface area contributed by atoms with Crippen LogP contribution in [0.4, 0.5) is 8.78 Å². The fourth-order valence-corrected chi connectivity index (χ4v) is 1.35. The van der Waals surface area contributed by atoms with Crippen molar-refractivity contribution in [1.82, 2.24) is 0 Å². The number of benzene rings is 1. The number of halogens is 2. The largest absolute Gasteiger partial charge is 0.359 e. The van der Waals surface area contributed by atoms with Gasteiger partial charge < -0.3 is 9.79 Å². The van der Waals surface area contributed by atoms with Gasteiger partial charge in [-0.15, -0.1) is 0 Å². The molecule has 0 radical (unpaired) electrons. The molecule has 3 nitrogen and oxygen atoms in total. The Hall–Kier alpha value is -0.770. The SMILES string of the molecule is O=P(O)(O)c1cc(F)ccc1F. The molecule has 2 N–H and O–H groups in total. The standard InChI is InChI=1S/C6H5F2O3P/c7-4-1-2-5(8)6(3-4)12(9,10)11/h1-3H,(H2,9,10,11). The number of hydrogen-bond acceptors (Lipinski definition) is 1. The summed E-state index contributed by atoms with van der Waals surface area (Å²) in [5, 5.41) is -0.914. The lowest BCUT2D eigenvalue weighted by molar-refractivity contribution is 0.385. The number of rotatable bonds is 1. The lowest BCUT2D eigenvalue weighted by Crippen LogP contribution is -2.09. The lowest BCUT2D eigenvalue weighted by Gasteiger charge is -2.04. The third-order valence-corrected chi connectivity index (χ3v) is 2.19. The van der Waals surface area contributed by atoms with E-state index in [1.54, 1.807) is 0 Å². The van der Waals surface area contributed by atoms with Crippen molar-refractivity contribution in [3.63, 3.8) is 0 Å². The van der Waals surface area contributed by atoms with Crippen LogP contribution in [0.3, 0.4) is 0 Å². The highest BCUT2D eigenvalue weighted by molar-refractivity contribution is 7.60. The Morgan fingerprint density at radius 2 is 1.83 bits per heavy atom. The summed E-state index contributed by atoms with van der Waals surface area (Å²) in [5.74, 6) is -1.99. The predicted octanol–water partition coefficient (Wildman–Crippen LogP) is 0.768. The molecule has 0 aliphatic heterocycles. The first-order valence-electron chi connectivity index (χ1n) is 2.92. The molecule has 0 aromatic heterocycles. The van der Waals surface area contributed by atoms with E-state index in [0.717, 1.165) is 6.07 Å². The first-order chi connectivity index (χ1) is 5.41. The second kappa shape index (κ2) is 2.94. The summed E-state index contributed by atoms with van der Waals surface area (Å²) in [6.45, 7) is 0. The highest BCUT2D eigenvalue weighted by atomic mass is 31.2. The molecule has 0 amide bonds. The summed E-state index contributed by atoms with van der Waals surface area (Å²) in [4.78, 5) is 17.0. The summed E-state index contributed by atoms with van der Waals surface area (Å²) in [6, 6.07) is 1.94. The van der Waals surface area contributed by atoms with Gasteiger partial charge >= 0.3 is 7.60 Å². The van der Waals surface area contributed by atoms with Crippen molar-refractivity contribution in [2.75, 3.05) is 0 Å². The van der Waals surface area contributed by atoms with Gasteiger partial charge in [0.25, 0.3) is 0 Å². The van der Waals surface area contributed by atoms with Gasteiger partial charge in [0.2, 0.25) is 0 Å². The highest BCUT2D eigenvalue weighted by Crippen LogP contribution is 2.34. The van der Waals surface area contributed by atoms with Crippen molar-refractivity contribution >= 4 is 12.9 Å². The van der Waals surface area contributed by atoms with Crippen molar-refractivity contribution < 1.29 is 23.1 Å². The second-order valence-corrected chi connectivity index (χ2v) is 3.71. The third-order valence-electron chi connectivity index (χ3n) is 1.22. The van der Waals surface area contributed by atoms with Gasteiger partial charge in [-0.2, -0.15) is 0 Å². The molecule has 0 atom stereocenters. The summed E-state index contributed by atoms with van der Waals surface area (Å²) in [6.07, 6.45) is 0. The monoisotopic (exact) mass is 194 g/mol. The maximum atomic E-state index is 12.6. The summed E-state index contributed by atoms with van der Waals surface area (Å²) < 4.78 is 35.5. The maximum absolute atomic E-state index is 12.6. The molecule has 1 aromatic carbocycles. The average molecular weight is 194 g/mol. The van der Waals surface area contributed by atoms with Crippen molar-refractivity contribution in [3.05, 3.63) is 29.8 Å². The van der Waals surface area contributed by atoms with Crippen LogP contribution in [0, 0.1) is 11.6 Å². The van der Waals surface area contributed by atoms with Gasteiger partial charge in [0.05, 0.1) is 0 Å². The van der Waals surface area contributed by atoms with Gasteiger partial charge in [-0.25, -0.2) is 8.78 Å². The van der Waals surface area contributed by atoms with Gasteiger partial charge in [0, 0.05) is 0 Å². The zero-order chi connectivity index (χ0) is 9.35. The Kier molecular flexibility index (Phi) is 2.28. The molecule has 1 aromatic rings. The van der Waals surface area contributed by atoms with Crippen LogP contribution in [-0.2, 0) is 4.57 Å². The second-order valence-electron chi connectivity index (χ2n) is 2.14. The molecule has 0 bridgehead atoms. The zero-order valence-electron chi connectivity index (χ0n) is 5.74. The van der Waals surface area contributed by atoms with E-state index in [0.29, 0.717) is 12.1 Å². The predicted molar refractivity (Wildman–Crippen MR) is 38.0 cm³/mol. The van der Waals surface area contributed by atoms with E-state index < -0.39 is 24.5 Å². The normalized spacial score (nSPS) is 11.7. The minimum atomic E-state index is -4.70. The van der Waals surface area contributed by atoms with Crippen LogP contribution in [-0.4, -0.2) is 9.79 Å². The minimum absolute atomic E-state index is 0.482. The Labute approximate surface area is 66.8 Å². The zero-order valence-corrected chi connectivity index (χ0v) is 6.63. The Bertz CT molecular complexity index is 347. The topological polar surface area (TPSA) is 57.5 Å². The molecular weight excluding hydrogens is 189 g/mol. The van der Waals surface area contributed by atoms with Crippen molar-refractivity contribution in [2.45, 2.75) is 0 Å². The van der Waals surface area contributed by atoms with E-state index in [1.807, 2.05) is 0 Å². The number of hydrogen-bond donors (Lipinski definition) is 2. The lowest BCUT2D eigenvalue weighted by atomic mass is 10.3. The third kappa shape index (κ3) is 1.88. The van der Waals surface area contributed by atoms with Crippen molar-refractivity contribution in [3.8, 4) is 0 Å². The van der Waals surface area contributed by atoms with Crippen LogP contribution < -0.4 is 5.30 Å². The van der Waals surface area contributed by atoms with Crippen LogP contribution in [0.5, 0.6) is 0 Å². The Balaban J connectivity index is 3.33. The van der Waals surface area contributed by atoms with Crippen LogP contribution in [0.2, 0.25) is 0 Å². The van der Waals surface area contributed by atoms with Gasteiger partial charge in [-0.3, -0.25) is 4.57 Å². The average Bonchev–Trinajstić information content (AvgIpc) is 1.92. The fraction of sp³-hybridized carbons (Fsp3) is 0. The smallest absolute Gasteiger partial charge is 0.321 e. The molecule has 0 aliphatic rings. The summed E-state index contributed by atoms with van der Waals surface area (Å²) in [7, 11) is -4.70. The molecule has 0 unspecified atom stereocenters. The summed E-state index contributed by atoms with van der Waals surface area (Å²) in [5.41, 5.74) is 0. The van der Waals surface area contributed by atoms with Crippen molar-refractivity contribution in [2.24, 2.45) is 0 Å². The molecule has 0 saturated carbocycles. The van der Waals surface area contributed by atoms with Crippen LogP contribution in [0.15, 0.2) is 18.2 Å². The molecule has 0 fully saturated rings. The molecular formula is C6H5F2O3P. The van der Waals surface area contributed by atoms with Gasteiger partial charge in [0.1, 0.15) is 16.9 Å². The first kappa shape index (κ1) is 9.32. The van der Waals surface area contributed by atoms with E-state index in [1.165, 1.54) is 0 Å². The minimum Gasteiger partial charge on any atom is -0.321 e. The van der Waals surface area contributed by atoms with Crippen molar-refractivity contribution in [1.29, 1.82) is 0 Å². The quantitative estimate of drug-likeness (QED) is 0.649. The van der Waals surface area contributed by atoms with Gasteiger partial charge in [-0.05, 0) is 18.2 Å². The Morgan fingerprint density at radius 1 is 1.25 bits per heavy atom. The van der Waals surface area contributed by atoms with Gasteiger partial charge in [0.15, 0.2) is 0 Å². The Morgan fingerprint density at radius 3 is 2.25 bits per heavy atom. The van der Waals surface area contributed by atoms with E-state index in [2.05, 4.69) is 0 Å². The highest BCUT2D eigenvalue weighted by Gasteiger charge is 2.22. The van der Waals surface area contributed by atoms with E-state index in [9.17, 15) is 13.3 Å². The maximum Gasteiger partial charge on any atom is 0.359 e. The van der Waals surface area contributed by atoms with Crippen LogP contribution in [0.25, 0.3) is 0 Å². The van der Waals surface area contributed by atoms with E-state index in [4.69, 9.17) is 9.79 Å². The molecule has 0 spiro atoms. The molecule has 0 saturated heterocycles. The van der Waals surface area contributed by atoms with E-state index in [-0.39, 0.29) is 0 Å². The van der Waals surface area contributed by atoms with E-state index >= 15 is 0 Å².